The summed E-state index contributed by atoms with van der Waals surface area (Å²) in [6.07, 6.45) is 1.28. The smallest absolute Gasteiger partial charge is 0.228 e. The fraction of sp³-hybridized carbons (Fsp3) is 0.357. The first-order valence-electron chi connectivity index (χ1n) is 5.32. The zero-order valence-electron chi connectivity index (χ0n) is 9.79. The third-order valence-electron chi connectivity index (χ3n) is 2.60. The third kappa shape index (κ3) is 3.49. The highest BCUT2D eigenvalue weighted by atomic mass is 35.5. The summed E-state index contributed by atoms with van der Waals surface area (Å²) in [5.74, 6) is 0. The van der Waals surface area contributed by atoms with E-state index >= 15 is 0 Å². The molecule has 1 unspecified atom stereocenters. The van der Waals surface area contributed by atoms with Gasteiger partial charge in [0.25, 0.3) is 0 Å². The van der Waals surface area contributed by atoms with Gasteiger partial charge in [0.05, 0.1) is 0 Å². The molecule has 2 heteroatoms. The van der Waals surface area contributed by atoms with Crippen molar-refractivity contribution in [2.45, 2.75) is 26.7 Å². The van der Waals surface area contributed by atoms with Crippen LogP contribution >= 0.6 is 11.6 Å². The van der Waals surface area contributed by atoms with Crippen LogP contribution in [0.15, 0.2) is 42.5 Å². The first-order chi connectivity index (χ1) is 7.44. The van der Waals surface area contributed by atoms with Crippen molar-refractivity contribution in [2.75, 3.05) is 0 Å². The standard InChI is InChI=1S/C14H17ClO/c1-11(2)9-14(3,13(15)16)10-12-7-5-4-6-8-12/h4-8H,1,9-10H2,2-3H3. The Bertz CT molecular complexity index is 383. The molecule has 0 fully saturated rings. The van der Waals surface area contributed by atoms with Gasteiger partial charge in [-0.2, -0.15) is 0 Å². The van der Waals surface area contributed by atoms with E-state index < -0.39 is 5.41 Å². The molecule has 0 amide bonds. The molecule has 0 aliphatic carbocycles. The summed E-state index contributed by atoms with van der Waals surface area (Å²) in [7, 11) is 0. The van der Waals surface area contributed by atoms with Gasteiger partial charge in [-0.15, -0.1) is 6.58 Å². The summed E-state index contributed by atoms with van der Waals surface area (Å²) in [4.78, 5) is 11.5. The van der Waals surface area contributed by atoms with Gasteiger partial charge in [-0.25, -0.2) is 0 Å². The Morgan fingerprint density at radius 3 is 2.38 bits per heavy atom. The lowest BCUT2D eigenvalue weighted by molar-refractivity contribution is -0.119. The molecule has 1 aromatic rings. The Hall–Kier alpha value is -1.08. The average molecular weight is 237 g/mol. The minimum atomic E-state index is -0.547. The number of carbonyl (C=O) groups is 1. The Morgan fingerprint density at radius 2 is 1.94 bits per heavy atom. The molecule has 1 nitrogen and oxygen atoms in total. The van der Waals surface area contributed by atoms with Crippen LogP contribution in [0.25, 0.3) is 0 Å². The molecule has 1 atom stereocenters. The first-order valence-corrected chi connectivity index (χ1v) is 5.70. The predicted octanol–water partition coefficient (Wildman–Crippen LogP) is 3.97. The molecule has 0 N–H and O–H groups in total. The van der Waals surface area contributed by atoms with Crippen LogP contribution in [-0.4, -0.2) is 5.24 Å². The topological polar surface area (TPSA) is 17.1 Å². The van der Waals surface area contributed by atoms with E-state index in [4.69, 9.17) is 11.6 Å². The second kappa shape index (κ2) is 5.31. The fourth-order valence-electron chi connectivity index (χ4n) is 1.91. The Kier molecular flexibility index (Phi) is 4.31. The van der Waals surface area contributed by atoms with E-state index in [0.717, 1.165) is 11.1 Å². The average Bonchev–Trinajstić information content (AvgIpc) is 2.17. The van der Waals surface area contributed by atoms with E-state index in [1.165, 1.54) is 0 Å². The van der Waals surface area contributed by atoms with Gasteiger partial charge < -0.3 is 0 Å². The summed E-state index contributed by atoms with van der Waals surface area (Å²) >= 11 is 5.70. The molecule has 1 aromatic carbocycles. The number of hydrogen-bond donors (Lipinski definition) is 0. The van der Waals surface area contributed by atoms with Crippen molar-refractivity contribution in [1.82, 2.24) is 0 Å². The maximum absolute atomic E-state index is 11.5. The van der Waals surface area contributed by atoms with Crippen LogP contribution in [0.4, 0.5) is 0 Å². The molecule has 0 radical (unpaired) electrons. The van der Waals surface area contributed by atoms with Gasteiger partial charge in [0.1, 0.15) is 0 Å². The van der Waals surface area contributed by atoms with Gasteiger partial charge in [-0.05, 0) is 36.9 Å². The van der Waals surface area contributed by atoms with Crippen LogP contribution in [0.5, 0.6) is 0 Å². The molecular formula is C14H17ClO. The maximum atomic E-state index is 11.5. The number of carbonyl (C=O) groups excluding carboxylic acids is 1. The van der Waals surface area contributed by atoms with Gasteiger partial charge in [0.15, 0.2) is 0 Å². The minimum Gasteiger partial charge on any atom is -0.281 e. The van der Waals surface area contributed by atoms with Crippen LogP contribution in [0, 0.1) is 5.41 Å². The number of halogens is 1. The van der Waals surface area contributed by atoms with Crippen molar-refractivity contribution >= 4 is 16.8 Å². The highest BCUT2D eigenvalue weighted by Gasteiger charge is 2.31. The van der Waals surface area contributed by atoms with E-state index in [9.17, 15) is 4.79 Å². The lowest BCUT2D eigenvalue weighted by atomic mass is 9.80. The van der Waals surface area contributed by atoms with Crippen molar-refractivity contribution in [1.29, 1.82) is 0 Å². The first kappa shape index (κ1) is 13.0. The number of benzene rings is 1. The van der Waals surface area contributed by atoms with Gasteiger partial charge in [0, 0.05) is 5.41 Å². The quantitative estimate of drug-likeness (QED) is 0.559. The Labute approximate surface area is 102 Å². The second-order valence-electron chi connectivity index (χ2n) is 4.63. The van der Waals surface area contributed by atoms with Crippen molar-refractivity contribution in [3.05, 3.63) is 48.0 Å². The molecule has 0 bridgehead atoms. The lowest BCUT2D eigenvalue weighted by Gasteiger charge is -2.25. The number of rotatable bonds is 5. The zero-order valence-corrected chi connectivity index (χ0v) is 10.6. The van der Waals surface area contributed by atoms with Crippen LogP contribution in [0.1, 0.15) is 25.8 Å². The second-order valence-corrected chi connectivity index (χ2v) is 4.97. The van der Waals surface area contributed by atoms with E-state index in [2.05, 4.69) is 6.58 Å². The zero-order chi connectivity index (χ0) is 12.2. The van der Waals surface area contributed by atoms with Crippen LogP contribution < -0.4 is 0 Å². The molecule has 16 heavy (non-hydrogen) atoms. The van der Waals surface area contributed by atoms with Gasteiger partial charge >= 0.3 is 0 Å². The van der Waals surface area contributed by atoms with Crippen molar-refractivity contribution in [3.8, 4) is 0 Å². The summed E-state index contributed by atoms with van der Waals surface area (Å²) < 4.78 is 0. The molecule has 0 spiro atoms. The summed E-state index contributed by atoms with van der Waals surface area (Å²) in [5.41, 5.74) is 1.56. The van der Waals surface area contributed by atoms with Crippen LogP contribution in [0.3, 0.4) is 0 Å². The summed E-state index contributed by atoms with van der Waals surface area (Å²) in [5, 5.41) is -0.292. The molecule has 0 aliphatic heterocycles. The molecule has 0 heterocycles. The number of allylic oxidation sites excluding steroid dienone is 1. The predicted molar refractivity (Wildman–Crippen MR) is 68.5 cm³/mol. The molecule has 0 saturated heterocycles. The van der Waals surface area contributed by atoms with Gasteiger partial charge in [0.2, 0.25) is 5.24 Å². The molecular weight excluding hydrogens is 220 g/mol. The highest BCUT2D eigenvalue weighted by Crippen LogP contribution is 2.32. The van der Waals surface area contributed by atoms with Crippen molar-refractivity contribution in [3.63, 3.8) is 0 Å². The molecule has 0 aliphatic rings. The van der Waals surface area contributed by atoms with Gasteiger partial charge in [-0.3, -0.25) is 4.79 Å². The van der Waals surface area contributed by atoms with E-state index in [-0.39, 0.29) is 5.24 Å². The van der Waals surface area contributed by atoms with Crippen LogP contribution in [0.2, 0.25) is 0 Å². The number of hydrogen-bond acceptors (Lipinski definition) is 1. The minimum absolute atomic E-state index is 0.292. The van der Waals surface area contributed by atoms with Crippen LogP contribution in [-0.2, 0) is 11.2 Å². The summed E-state index contributed by atoms with van der Waals surface area (Å²) in [6.45, 7) is 7.67. The lowest BCUT2D eigenvalue weighted by Crippen LogP contribution is -2.27. The monoisotopic (exact) mass is 236 g/mol. The molecule has 0 aromatic heterocycles. The van der Waals surface area contributed by atoms with E-state index in [1.807, 2.05) is 44.2 Å². The molecule has 1 rings (SSSR count). The van der Waals surface area contributed by atoms with E-state index in [1.54, 1.807) is 0 Å². The summed E-state index contributed by atoms with van der Waals surface area (Å²) in [6, 6.07) is 9.92. The highest BCUT2D eigenvalue weighted by molar-refractivity contribution is 6.64. The van der Waals surface area contributed by atoms with E-state index in [0.29, 0.717) is 12.8 Å². The maximum Gasteiger partial charge on any atom is 0.228 e. The third-order valence-corrected chi connectivity index (χ3v) is 3.06. The van der Waals surface area contributed by atoms with Crippen molar-refractivity contribution < 1.29 is 4.79 Å². The normalized spacial score (nSPS) is 14.2. The van der Waals surface area contributed by atoms with Crippen molar-refractivity contribution in [2.24, 2.45) is 5.41 Å². The molecule has 86 valence electrons. The molecule has 0 saturated carbocycles. The van der Waals surface area contributed by atoms with Gasteiger partial charge in [-0.1, -0.05) is 42.8 Å². The SMILES string of the molecule is C=C(C)CC(C)(Cc1ccccc1)C(=O)Cl. The fourth-order valence-corrected chi connectivity index (χ4v) is 2.05. The Balaban J connectivity index is 2.87. The largest absolute Gasteiger partial charge is 0.281 e. The Morgan fingerprint density at radius 1 is 1.38 bits per heavy atom.